The molecule has 1 heterocycles. The van der Waals surface area contributed by atoms with Gasteiger partial charge in [-0.05, 0) is 17.7 Å². The third-order valence-electron chi connectivity index (χ3n) is 3.95. The number of carbonyl (C=O) groups excluding carboxylic acids is 1. The molecule has 0 aliphatic carbocycles. The number of rotatable bonds is 7. The predicted molar refractivity (Wildman–Crippen MR) is 102 cm³/mol. The van der Waals surface area contributed by atoms with Crippen LogP contribution in [0.2, 0.25) is 0 Å². The summed E-state index contributed by atoms with van der Waals surface area (Å²) in [6.45, 7) is -0.153. The Morgan fingerprint density at radius 3 is 2.65 bits per heavy atom. The molecule has 3 aromatic rings. The molecule has 134 valence electrons. The second-order valence-electron chi connectivity index (χ2n) is 5.73. The fourth-order valence-corrected chi connectivity index (χ4v) is 3.51. The van der Waals surface area contributed by atoms with Gasteiger partial charge in [-0.1, -0.05) is 42.5 Å². The first-order valence-corrected chi connectivity index (χ1v) is 9.12. The van der Waals surface area contributed by atoms with Crippen LogP contribution >= 0.6 is 11.3 Å². The van der Waals surface area contributed by atoms with Crippen molar-refractivity contribution in [2.24, 2.45) is 0 Å². The van der Waals surface area contributed by atoms with Crippen molar-refractivity contribution in [2.45, 2.75) is 12.5 Å². The molecule has 1 amide bonds. The smallest absolute Gasteiger partial charge is 0.226 e. The van der Waals surface area contributed by atoms with Crippen molar-refractivity contribution in [3.05, 3.63) is 71.2 Å². The van der Waals surface area contributed by atoms with E-state index in [0.29, 0.717) is 5.69 Å². The van der Waals surface area contributed by atoms with E-state index in [2.05, 4.69) is 10.3 Å². The van der Waals surface area contributed by atoms with Gasteiger partial charge < -0.3 is 15.2 Å². The summed E-state index contributed by atoms with van der Waals surface area (Å²) in [7, 11) is 1.62. The lowest BCUT2D eigenvalue weighted by Crippen LogP contribution is -2.32. The largest absolute Gasteiger partial charge is 0.496 e. The molecule has 1 atom stereocenters. The zero-order valence-corrected chi connectivity index (χ0v) is 15.2. The fraction of sp³-hybridized carbons (Fsp3) is 0.200. The highest BCUT2D eigenvalue weighted by Crippen LogP contribution is 2.31. The Morgan fingerprint density at radius 2 is 1.92 bits per heavy atom. The Bertz CT molecular complexity index is 864. The molecule has 0 saturated carbocycles. The standard InChI is InChI=1S/C20H20N2O3S/c1-25-18-10-6-5-9-16(18)20-21-15(13-26-20)11-19(24)22-17(12-23)14-7-3-2-4-8-14/h2-10,13,17,23H,11-12H2,1H3,(H,22,24)/t17-/m1/s1. The van der Waals surface area contributed by atoms with E-state index in [0.717, 1.165) is 21.9 Å². The van der Waals surface area contributed by atoms with Crippen LogP contribution < -0.4 is 10.1 Å². The summed E-state index contributed by atoms with van der Waals surface area (Å²) in [5.41, 5.74) is 2.47. The van der Waals surface area contributed by atoms with Crippen molar-refractivity contribution in [1.29, 1.82) is 0 Å². The quantitative estimate of drug-likeness (QED) is 0.672. The Balaban J connectivity index is 1.68. The average molecular weight is 368 g/mol. The van der Waals surface area contributed by atoms with Crippen molar-refractivity contribution >= 4 is 17.2 Å². The van der Waals surface area contributed by atoms with Crippen LogP contribution in [-0.4, -0.2) is 29.7 Å². The second-order valence-corrected chi connectivity index (χ2v) is 6.59. The fourth-order valence-electron chi connectivity index (χ4n) is 2.66. The molecule has 0 bridgehead atoms. The monoisotopic (exact) mass is 368 g/mol. The number of thiazole rings is 1. The van der Waals surface area contributed by atoms with Gasteiger partial charge in [0.15, 0.2) is 0 Å². The van der Waals surface area contributed by atoms with Crippen molar-refractivity contribution in [2.75, 3.05) is 13.7 Å². The van der Waals surface area contributed by atoms with Crippen LogP contribution in [-0.2, 0) is 11.2 Å². The van der Waals surface area contributed by atoms with Crippen molar-refractivity contribution in [1.82, 2.24) is 10.3 Å². The Hall–Kier alpha value is -2.70. The predicted octanol–water partition coefficient (Wildman–Crippen LogP) is 3.21. The number of aromatic nitrogens is 1. The minimum atomic E-state index is -0.420. The zero-order valence-electron chi connectivity index (χ0n) is 14.4. The Labute approximate surface area is 156 Å². The van der Waals surface area contributed by atoms with Gasteiger partial charge in [0.1, 0.15) is 10.8 Å². The van der Waals surface area contributed by atoms with Crippen LogP contribution in [0.15, 0.2) is 60.0 Å². The van der Waals surface area contributed by atoms with Crippen molar-refractivity contribution in [3.8, 4) is 16.3 Å². The number of benzene rings is 2. The summed E-state index contributed by atoms with van der Waals surface area (Å²) < 4.78 is 5.37. The number of carbonyl (C=O) groups is 1. The molecule has 0 saturated heterocycles. The number of nitrogens with zero attached hydrogens (tertiary/aromatic N) is 1. The van der Waals surface area contributed by atoms with Crippen molar-refractivity contribution < 1.29 is 14.6 Å². The molecular formula is C20H20N2O3S. The number of para-hydroxylation sites is 1. The van der Waals surface area contributed by atoms with Gasteiger partial charge >= 0.3 is 0 Å². The maximum Gasteiger partial charge on any atom is 0.226 e. The maximum atomic E-state index is 12.3. The van der Waals surface area contributed by atoms with E-state index < -0.39 is 6.04 Å². The molecule has 2 aromatic carbocycles. The molecule has 0 unspecified atom stereocenters. The summed E-state index contributed by atoms with van der Waals surface area (Å²) in [4.78, 5) is 16.9. The third kappa shape index (κ3) is 4.28. The number of ether oxygens (including phenoxy) is 1. The van der Waals surface area contributed by atoms with Gasteiger partial charge in [0.05, 0.1) is 37.4 Å². The molecule has 6 heteroatoms. The molecule has 0 aliphatic rings. The molecule has 0 radical (unpaired) electrons. The molecular weight excluding hydrogens is 348 g/mol. The SMILES string of the molecule is COc1ccccc1-c1nc(CC(=O)N[C@H](CO)c2ccccc2)cs1. The number of hydrogen-bond donors (Lipinski definition) is 2. The van der Waals surface area contributed by atoms with Crippen LogP contribution in [0.4, 0.5) is 0 Å². The number of aliphatic hydroxyl groups is 1. The molecule has 1 aromatic heterocycles. The molecule has 0 spiro atoms. The van der Waals surface area contributed by atoms with Crippen LogP contribution in [0.5, 0.6) is 5.75 Å². The lowest BCUT2D eigenvalue weighted by Gasteiger charge is -2.16. The summed E-state index contributed by atoms with van der Waals surface area (Å²) in [5.74, 6) is 0.576. The first-order chi connectivity index (χ1) is 12.7. The molecule has 26 heavy (non-hydrogen) atoms. The third-order valence-corrected chi connectivity index (χ3v) is 4.87. The molecule has 5 nitrogen and oxygen atoms in total. The minimum absolute atomic E-state index is 0.153. The van der Waals surface area contributed by atoms with Gasteiger partial charge in [-0.25, -0.2) is 4.98 Å². The number of hydrogen-bond acceptors (Lipinski definition) is 5. The van der Waals surface area contributed by atoms with E-state index in [1.807, 2.05) is 60.0 Å². The van der Waals surface area contributed by atoms with Crippen LogP contribution in [0.25, 0.3) is 10.6 Å². The summed E-state index contributed by atoms with van der Waals surface area (Å²) in [5, 5.41) is 15.1. The second kappa shape index (κ2) is 8.60. The van der Waals surface area contributed by atoms with Gasteiger partial charge in [-0.15, -0.1) is 11.3 Å². The van der Waals surface area contributed by atoms with Crippen LogP contribution in [0.3, 0.4) is 0 Å². The number of amides is 1. The van der Waals surface area contributed by atoms with Gasteiger partial charge in [0.25, 0.3) is 0 Å². The van der Waals surface area contributed by atoms with Gasteiger partial charge in [-0.2, -0.15) is 0 Å². The highest BCUT2D eigenvalue weighted by atomic mass is 32.1. The first-order valence-electron chi connectivity index (χ1n) is 8.24. The minimum Gasteiger partial charge on any atom is -0.496 e. The van der Waals surface area contributed by atoms with E-state index in [-0.39, 0.29) is 18.9 Å². The number of aliphatic hydroxyl groups excluding tert-OH is 1. The van der Waals surface area contributed by atoms with E-state index >= 15 is 0 Å². The highest BCUT2D eigenvalue weighted by molar-refractivity contribution is 7.13. The summed E-state index contributed by atoms with van der Waals surface area (Å²) >= 11 is 1.47. The van der Waals surface area contributed by atoms with Crippen molar-refractivity contribution in [3.63, 3.8) is 0 Å². The first kappa shape index (κ1) is 18.1. The van der Waals surface area contributed by atoms with E-state index in [4.69, 9.17) is 4.74 Å². The zero-order chi connectivity index (χ0) is 18.4. The topological polar surface area (TPSA) is 71.5 Å². The number of nitrogens with one attached hydrogen (secondary N) is 1. The molecule has 2 N–H and O–H groups in total. The van der Waals surface area contributed by atoms with Crippen LogP contribution in [0, 0.1) is 0 Å². The molecule has 0 aliphatic heterocycles. The summed E-state index contributed by atoms with van der Waals surface area (Å²) in [6, 6.07) is 16.7. The lowest BCUT2D eigenvalue weighted by atomic mass is 10.1. The number of methoxy groups -OCH3 is 1. The molecule has 3 rings (SSSR count). The Kier molecular flexibility index (Phi) is 5.99. The van der Waals surface area contributed by atoms with Gasteiger partial charge in [0, 0.05) is 5.38 Å². The summed E-state index contributed by atoms with van der Waals surface area (Å²) in [6.07, 6.45) is 0.162. The van der Waals surface area contributed by atoms with E-state index in [1.54, 1.807) is 7.11 Å². The van der Waals surface area contributed by atoms with Gasteiger partial charge in [0.2, 0.25) is 5.91 Å². The van der Waals surface area contributed by atoms with E-state index in [9.17, 15) is 9.90 Å². The Morgan fingerprint density at radius 1 is 1.19 bits per heavy atom. The highest BCUT2D eigenvalue weighted by Gasteiger charge is 2.16. The molecule has 0 fully saturated rings. The van der Waals surface area contributed by atoms with E-state index in [1.165, 1.54) is 11.3 Å². The average Bonchev–Trinajstić information content (AvgIpc) is 3.15. The lowest BCUT2D eigenvalue weighted by molar-refractivity contribution is -0.121. The van der Waals surface area contributed by atoms with Gasteiger partial charge in [-0.3, -0.25) is 4.79 Å². The normalized spacial score (nSPS) is 11.8. The van der Waals surface area contributed by atoms with Crippen LogP contribution in [0.1, 0.15) is 17.3 Å². The maximum absolute atomic E-state index is 12.3.